The van der Waals surface area contributed by atoms with Crippen molar-refractivity contribution < 1.29 is 23.8 Å². The van der Waals surface area contributed by atoms with E-state index in [1.807, 2.05) is 31.2 Å². The van der Waals surface area contributed by atoms with E-state index >= 15 is 0 Å². The first-order valence-electron chi connectivity index (χ1n) is 10.9. The molecule has 33 heavy (non-hydrogen) atoms. The summed E-state index contributed by atoms with van der Waals surface area (Å²) in [5, 5.41) is 11.2. The van der Waals surface area contributed by atoms with Gasteiger partial charge in [-0.05, 0) is 54.3 Å². The minimum absolute atomic E-state index is 0.0245. The average Bonchev–Trinajstić information content (AvgIpc) is 3.40. The van der Waals surface area contributed by atoms with Gasteiger partial charge in [-0.15, -0.1) is 0 Å². The summed E-state index contributed by atoms with van der Waals surface area (Å²) < 4.78 is 11.1. The number of benzene rings is 2. The van der Waals surface area contributed by atoms with Gasteiger partial charge in [0.05, 0.1) is 18.4 Å². The molecule has 1 unspecified atom stereocenters. The lowest BCUT2D eigenvalue weighted by atomic mass is 9.87. The van der Waals surface area contributed by atoms with Gasteiger partial charge in [-0.3, -0.25) is 14.5 Å². The van der Waals surface area contributed by atoms with Crippen LogP contribution in [0, 0.1) is 0 Å². The van der Waals surface area contributed by atoms with Crippen LogP contribution in [-0.2, 0) is 15.0 Å². The molecule has 0 radical (unpaired) electrons. The number of anilines is 1. The van der Waals surface area contributed by atoms with Gasteiger partial charge in [-0.1, -0.05) is 45.0 Å². The van der Waals surface area contributed by atoms with E-state index in [4.69, 9.17) is 9.15 Å². The number of carbonyl (C=O) groups is 2. The Morgan fingerprint density at radius 3 is 2.39 bits per heavy atom. The van der Waals surface area contributed by atoms with Crippen LogP contribution in [0.3, 0.4) is 0 Å². The van der Waals surface area contributed by atoms with Gasteiger partial charge in [-0.2, -0.15) is 0 Å². The maximum Gasteiger partial charge on any atom is 0.300 e. The minimum Gasteiger partial charge on any atom is -0.507 e. The molecular weight excluding hydrogens is 418 g/mol. The zero-order valence-corrected chi connectivity index (χ0v) is 19.2. The molecule has 6 nitrogen and oxygen atoms in total. The van der Waals surface area contributed by atoms with Crippen LogP contribution in [0.25, 0.3) is 5.76 Å². The van der Waals surface area contributed by atoms with Crippen molar-refractivity contribution in [1.29, 1.82) is 0 Å². The first-order valence-corrected chi connectivity index (χ1v) is 10.9. The van der Waals surface area contributed by atoms with Gasteiger partial charge in [-0.25, -0.2) is 0 Å². The van der Waals surface area contributed by atoms with Crippen molar-refractivity contribution in [3.63, 3.8) is 0 Å². The Balaban J connectivity index is 1.85. The Morgan fingerprint density at radius 2 is 1.79 bits per heavy atom. The lowest BCUT2D eigenvalue weighted by Gasteiger charge is -2.25. The fourth-order valence-corrected chi connectivity index (χ4v) is 3.99. The second-order valence-corrected chi connectivity index (χ2v) is 8.94. The molecule has 1 aliphatic heterocycles. The number of furan rings is 1. The van der Waals surface area contributed by atoms with Crippen LogP contribution < -0.4 is 9.64 Å². The number of Topliss-reactive ketones (excluding diaryl/α,β-unsaturated/α-hetero) is 1. The Labute approximate surface area is 193 Å². The number of hydrogen-bond donors (Lipinski definition) is 1. The summed E-state index contributed by atoms with van der Waals surface area (Å²) >= 11 is 0. The number of ketones is 1. The Hall–Kier alpha value is -3.80. The van der Waals surface area contributed by atoms with Crippen molar-refractivity contribution in [1.82, 2.24) is 0 Å². The predicted octanol–water partition coefficient (Wildman–Crippen LogP) is 5.60. The van der Waals surface area contributed by atoms with Gasteiger partial charge >= 0.3 is 0 Å². The normalized spacial score (nSPS) is 18.1. The fourth-order valence-electron chi connectivity index (χ4n) is 3.99. The topological polar surface area (TPSA) is 80.0 Å². The highest BCUT2D eigenvalue weighted by molar-refractivity contribution is 6.51. The van der Waals surface area contributed by atoms with Crippen molar-refractivity contribution in [3.8, 4) is 5.75 Å². The molecule has 1 amide bonds. The third-order valence-corrected chi connectivity index (χ3v) is 5.69. The average molecular weight is 446 g/mol. The molecule has 1 fully saturated rings. The number of aliphatic hydroxyl groups is 1. The molecule has 0 bridgehead atoms. The molecule has 0 saturated carbocycles. The third-order valence-electron chi connectivity index (χ3n) is 5.69. The zero-order chi connectivity index (χ0) is 23.8. The molecule has 3 aromatic rings. The van der Waals surface area contributed by atoms with Gasteiger partial charge in [0.25, 0.3) is 11.7 Å². The third kappa shape index (κ3) is 4.16. The molecular formula is C27H27NO5. The van der Waals surface area contributed by atoms with Crippen molar-refractivity contribution in [2.24, 2.45) is 0 Å². The van der Waals surface area contributed by atoms with E-state index in [0.29, 0.717) is 29.4 Å². The van der Waals surface area contributed by atoms with Crippen molar-refractivity contribution in [2.45, 2.75) is 39.2 Å². The quantitative estimate of drug-likeness (QED) is 0.314. The molecule has 2 heterocycles. The molecule has 4 rings (SSSR count). The van der Waals surface area contributed by atoms with Gasteiger partial charge in [0.15, 0.2) is 0 Å². The molecule has 6 heteroatoms. The second kappa shape index (κ2) is 8.62. The number of aliphatic hydroxyl groups excluding tert-OH is 1. The summed E-state index contributed by atoms with van der Waals surface area (Å²) in [6.07, 6.45) is 1.48. The molecule has 2 aromatic carbocycles. The van der Waals surface area contributed by atoms with Gasteiger partial charge in [0.1, 0.15) is 23.3 Å². The SMILES string of the molecule is CCOc1cccc(/C(O)=C2/C(=O)C(=O)N(c3ccc(C(C)(C)C)cc3)C2c2ccco2)c1. The lowest BCUT2D eigenvalue weighted by molar-refractivity contribution is -0.132. The molecule has 0 aliphatic carbocycles. The van der Waals surface area contributed by atoms with Crippen molar-refractivity contribution >= 4 is 23.1 Å². The van der Waals surface area contributed by atoms with E-state index in [0.717, 1.165) is 5.56 Å². The van der Waals surface area contributed by atoms with E-state index in [2.05, 4.69) is 20.8 Å². The maximum absolute atomic E-state index is 13.2. The smallest absolute Gasteiger partial charge is 0.300 e. The summed E-state index contributed by atoms with van der Waals surface area (Å²) in [5.41, 5.74) is 1.96. The highest BCUT2D eigenvalue weighted by atomic mass is 16.5. The second-order valence-electron chi connectivity index (χ2n) is 8.94. The van der Waals surface area contributed by atoms with Gasteiger partial charge < -0.3 is 14.3 Å². The van der Waals surface area contributed by atoms with Crippen LogP contribution in [0.4, 0.5) is 5.69 Å². The zero-order valence-electron chi connectivity index (χ0n) is 19.2. The monoisotopic (exact) mass is 445 g/mol. The summed E-state index contributed by atoms with van der Waals surface area (Å²) in [6.45, 7) is 8.64. The highest BCUT2D eigenvalue weighted by Gasteiger charge is 2.48. The molecule has 170 valence electrons. The standard InChI is InChI=1S/C27H27NO5/c1-5-32-20-9-6-8-17(16-20)24(29)22-23(21-10-7-15-33-21)28(26(31)25(22)30)19-13-11-18(12-14-19)27(2,3)4/h6-16,23,29H,5H2,1-4H3/b24-22-. The van der Waals surface area contributed by atoms with Crippen LogP contribution in [0.15, 0.2) is 76.9 Å². The Morgan fingerprint density at radius 1 is 1.06 bits per heavy atom. The van der Waals surface area contributed by atoms with E-state index < -0.39 is 17.7 Å². The summed E-state index contributed by atoms with van der Waals surface area (Å²) in [6, 6.07) is 16.8. The molecule has 1 N–H and O–H groups in total. The highest BCUT2D eigenvalue weighted by Crippen LogP contribution is 2.42. The van der Waals surface area contributed by atoms with Crippen LogP contribution in [-0.4, -0.2) is 23.4 Å². The summed E-state index contributed by atoms with van der Waals surface area (Å²) in [4.78, 5) is 27.7. The predicted molar refractivity (Wildman–Crippen MR) is 126 cm³/mol. The number of amides is 1. The molecule has 1 saturated heterocycles. The van der Waals surface area contributed by atoms with E-state index in [1.165, 1.54) is 11.2 Å². The largest absolute Gasteiger partial charge is 0.507 e. The molecule has 1 atom stereocenters. The number of nitrogens with zero attached hydrogens (tertiary/aromatic N) is 1. The number of hydrogen-bond acceptors (Lipinski definition) is 5. The van der Waals surface area contributed by atoms with Crippen LogP contribution >= 0.6 is 0 Å². The first kappa shape index (κ1) is 22.4. The summed E-state index contributed by atoms with van der Waals surface area (Å²) in [7, 11) is 0. The van der Waals surface area contributed by atoms with Crippen LogP contribution in [0.2, 0.25) is 0 Å². The first-order chi connectivity index (χ1) is 15.7. The number of rotatable bonds is 5. The maximum atomic E-state index is 13.2. The van der Waals surface area contributed by atoms with E-state index in [1.54, 1.807) is 36.4 Å². The van der Waals surface area contributed by atoms with Crippen molar-refractivity contribution in [3.05, 3.63) is 89.4 Å². The fraction of sp³-hybridized carbons (Fsp3) is 0.259. The van der Waals surface area contributed by atoms with Crippen LogP contribution in [0.5, 0.6) is 5.75 Å². The number of ether oxygens (including phenoxy) is 1. The Bertz CT molecular complexity index is 1200. The van der Waals surface area contributed by atoms with Gasteiger partial charge in [0, 0.05) is 11.3 Å². The van der Waals surface area contributed by atoms with E-state index in [-0.39, 0.29) is 16.7 Å². The summed E-state index contributed by atoms with van der Waals surface area (Å²) in [5.74, 6) is -0.817. The minimum atomic E-state index is -0.892. The molecule has 1 aliphatic rings. The number of carbonyl (C=O) groups excluding carboxylic acids is 2. The Kier molecular flexibility index (Phi) is 5.85. The van der Waals surface area contributed by atoms with E-state index in [9.17, 15) is 14.7 Å². The lowest BCUT2D eigenvalue weighted by Crippen LogP contribution is -2.29. The molecule has 1 aromatic heterocycles. The van der Waals surface area contributed by atoms with Gasteiger partial charge in [0.2, 0.25) is 0 Å². The van der Waals surface area contributed by atoms with Crippen LogP contribution in [0.1, 0.15) is 50.6 Å². The van der Waals surface area contributed by atoms with Crippen molar-refractivity contribution in [2.75, 3.05) is 11.5 Å². The molecule has 0 spiro atoms.